The Labute approximate surface area is 148 Å². The first kappa shape index (κ1) is 16.4. The predicted octanol–water partition coefficient (Wildman–Crippen LogP) is 2.20. The Bertz CT molecular complexity index is 715. The normalized spacial score (nSPS) is 20.4. The Balaban J connectivity index is 1.75. The Morgan fingerprint density at radius 3 is 2.68 bits per heavy atom. The van der Waals surface area contributed by atoms with E-state index in [0.29, 0.717) is 0 Å². The molecule has 2 aromatic heterocycles. The number of anilines is 1. The third-order valence-corrected chi connectivity index (χ3v) is 5.33. The summed E-state index contributed by atoms with van der Waals surface area (Å²) < 4.78 is 5.65. The van der Waals surface area contributed by atoms with Crippen LogP contribution in [0, 0.1) is 6.92 Å². The molecule has 0 aromatic carbocycles. The van der Waals surface area contributed by atoms with E-state index in [4.69, 9.17) is 9.72 Å². The van der Waals surface area contributed by atoms with Crippen LogP contribution in [0.2, 0.25) is 0 Å². The zero-order chi connectivity index (χ0) is 17.1. The van der Waals surface area contributed by atoms with E-state index in [9.17, 15) is 0 Å². The molecule has 25 heavy (non-hydrogen) atoms. The monoisotopic (exact) mass is 339 g/mol. The van der Waals surface area contributed by atoms with Crippen molar-refractivity contribution in [1.29, 1.82) is 0 Å². The molecule has 2 aliphatic heterocycles. The van der Waals surface area contributed by atoms with Crippen LogP contribution in [-0.2, 0) is 4.74 Å². The van der Waals surface area contributed by atoms with E-state index in [1.54, 1.807) is 12.4 Å². The summed E-state index contributed by atoms with van der Waals surface area (Å²) in [6.45, 7) is 6.71. The van der Waals surface area contributed by atoms with Crippen molar-refractivity contribution in [1.82, 2.24) is 20.3 Å². The van der Waals surface area contributed by atoms with E-state index in [1.165, 1.54) is 0 Å². The number of aryl methyl sites for hydroxylation is 1. The lowest BCUT2D eigenvalue weighted by molar-refractivity contribution is 0.0485. The van der Waals surface area contributed by atoms with Gasteiger partial charge in [0, 0.05) is 61.6 Å². The number of aromatic nitrogens is 3. The van der Waals surface area contributed by atoms with Gasteiger partial charge in [0.05, 0.1) is 0 Å². The van der Waals surface area contributed by atoms with Gasteiger partial charge in [-0.15, -0.1) is 0 Å². The highest BCUT2D eigenvalue weighted by Crippen LogP contribution is 2.36. The molecule has 0 bridgehead atoms. The van der Waals surface area contributed by atoms with Gasteiger partial charge in [0.1, 0.15) is 5.82 Å². The van der Waals surface area contributed by atoms with Crippen molar-refractivity contribution in [2.24, 2.45) is 0 Å². The number of nitrogens with zero attached hydrogens (tertiary/aromatic N) is 4. The summed E-state index contributed by atoms with van der Waals surface area (Å²) in [5.74, 6) is 1.81. The first-order chi connectivity index (χ1) is 12.3. The zero-order valence-electron chi connectivity index (χ0n) is 14.7. The molecule has 132 valence electrons. The highest BCUT2D eigenvalue weighted by molar-refractivity contribution is 5.58. The third-order valence-electron chi connectivity index (χ3n) is 5.33. The maximum atomic E-state index is 5.65. The first-order valence-electron chi connectivity index (χ1n) is 9.09. The van der Waals surface area contributed by atoms with Gasteiger partial charge in [0.2, 0.25) is 0 Å². The summed E-state index contributed by atoms with van der Waals surface area (Å²) in [6.07, 6.45) is 6.82. The highest BCUT2D eigenvalue weighted by Gasteiger charge is 2.40. The van der Waals surface area contributed by atoms with Crippen LogP contribution in [-0.4, -0.2) is 53.3 Å². The van der Waals surface area contributed by atoms with Crippen molar-refractivity contribution in [2.45, 2.75) is 31.7 Å². The molecule has 0 saturated carbocycles. The Morgan fingerprint density at radius 1 is 1.08 bits per heavy atom. The lowest BCUT2D eigenvalue weighted by Crippen LogP contribution is -2.53. The van der Waals surface area contributed by atoms with E-state index < -0.39 is 0 Å². The highest BCUT2D eigenvalue weighted by atomic mass is 16.5. The standard InChI is InChI=1S/C19H25N5O/c1-15-14-17(23-18(22-15)16-2-7-20-8-3-16)24-11-10-21-9-4-19(24)5-12-25-13-6-19/h2-3,7-8,14,21H,4-6,9-13H2,1H3. The lowest BCUT2D eigenvalue weighted by atomic mass is 9.84. The second kappa shape index (κ2) is 7.06. The summed E-state index contributed by atoms with van der Waals surface area (Å²) >= 11 is 0. The second-order valence-corrected chi connectivity index (χ2v) is 6.92. The minimum atomic E-state index is 0.137. The van der Waals surface area contributed by atoms with Crippen LogP contribution in [0.15, 0.2) is 30.6 Å². The number of hydrogen-bond donors (Lipinski definition) is 1. The van der Waals surface area contributed by atoms with Gasteiger partial charge in [-0.25, -0.2) is 9.97 Å². The first-order valence-corrected chi connectivity index (χ1v) is 9.09. The van der Waals surface area contributed by atoms with Crippen LogP contribution < -0.4 is 10.2 Å². The summed E-state index contributed by atoms with van der Waals surface area (Å²) in [5.41, 5.74) is 2.14. The molecule has 0 radical (unpaired) electrons. The van der Waals surface area contributed by atoms with Gasteiger partial charge < -0.3 is 15.0 Å². The summed E-state index contributed by atoms with van der Waals surface area (Å²) in [7, 11) is 0. The third kappa shape index (κ3) is 3.37. The largest absolute Gasteiger partial charge is 0.381 e. The van der Waals surface area contributed by atoms with Crippen LogP contribution in [0.5, 0.6) is 0 Å². The number of nitrogens with one attached hydrogen (secondary N) is 1. The van der Waals surface area contributed by atoms with Crippen molar-refractivity contribution in [3.63, 3.8) is 0 Å². The van der Waals surface area contributed by atoms with Gasteiger partial charge in [-0.2, -0.15) is 0 Å². The molecule has 0 unspecified atom stereocenters. The molecule has 2 saturated heterocycles. The fourth-order valence-electron chi connectivity index (χ4n) is 3.96. The molecule has 2 aliphatic rings. The minimum Gasteiger partial charge on any atom is -0.381 e. The molecular formula is C19H25N5O. The molecule has 1 N–H and O–H groups in total. The van der Waals surface area contributed by atoms with Crippen LogP contribution in [0.4, 0.5) is 5.82 Å². The Hall–Kier alpha value is -2.05. The topological polar surface area (TPSA) is 63.2 Å². The number of pyridine rings is 1. The number of hydrogen-bond acceptors (Lipinski definition) is 6. The SMILES string of the molecule is Cc1cc(N2CCNCCC23CCOCC3)nc(-c2ccncc2)n1. The molecule has 4 heterocycles. The van der Waals surface area contributed by atoms with Gasteiger partial charge in [-0.3, -0.25) is 4.98 Å². The molecule has 6 nitrogen and oxygen atoms in total. The molecular weight excluding hydrogens is 314 g/mol. The Kier molecular flexibility index (Phi) is 4.63. The molecule has 2 fully saturated rings. The molecule has 2 aromatic rings. The van der Waals surface area contributed by atoms with E-state index in [1.807, 2.05) is 19.1 Å². The predicted molar refractivity (Wildman–Crippen MR) is 97.6 cm³/mol. The smallest absolute Gasteiger partial charge is 0.161 e. The van der Waals surface area contributed by atoms with Gasteiger partial charge in [0.25, 0.3) is 0 Å². The van der Waals surface area contributed by atoms with Crippen LogP contribution in [0.3, 0.4) is 0 Å². The lowest BCUT2D eigenvalue weighted by Gasteiger charge is -2.46. The molecule has 1 spiro atoms. The summed E-state index contributed by atoms with van der Waals surface area (Å²) in [4.78, 5) is 16.2. The van der Waals surface area contributed by atoms with E-state index >= 15 is 0 Å². The van der Waals surface area contributed by atoms with Crippen molar-refractivity contribution >= 4 is 5.82 Å². The van der Waals surface area contributed by atoms with Gasteiger partial charge >= 0.3 is 0 Å². The molecule has 0 atom stereocenters. The Morgan fingerprint density at radius 2 is 1.88 bits per heavy atom. The molecule has 0 aliphatic carbocycles. The van der Waals surface area contributed by atoms with Crippen LogP contribution in [0.25, 0.3) is 11.4 Å². The molecule has 4 rings (SSSR count). The van der Waals surface area contributed by atoms with Crippen LogP contribution >= 0.6 is 0 Å². The average Bonchev–Trinajstić information content (AvgIpc) is 2.85. The molecule has 0 amide bonds. The van der Waals surface area contributed by atoms with Gasteiger partial charge in [0.15, 0.2) is 5.82 Å². The van der Waals surface area contributed by atoms with Gasteiger partial charge in [-0.05, 0) is 44.9 Å². The van der Waals surface area contributed by atoms with Gasteiger partial charge in [-0.1, -0.05) is 0 Å². The summed E-state index contributed by atoms with van der Waals surface area (Å²) in [5, 5.41) is 3.55. The fourth-order valence-corrected chi connectivity index (χ4v) is 3.96. The summed E-state index contributed by atoms with van der Waals surface area (Å²) in [6, 6.07) is 6.05. The maximum absolute atomic E-state index is 5.65. The number of ether oxygens (including phenoxy) is 1. The quantitative estimate of drug-likeness (QED) is 0.905. The van der Waals surface area contributed by atoms with Crippen LogP contribution in [0.1, 0.15) is 25.0 Å². The van der Waals surface area contributed by atoms with E-state index in [-0.39, 0.29) is 5.54 Å². The zero-order valence-corrected chi connectivity index (χ0v) is 14.7. The average molecular weight is 339 g/mol. The van der Waals surface area contributed by atoms with Crippen molar-refractivity contribution in [2.75, 3.05) is 37.7 Å². The van der Waals surface area contributed by atoms with E-state index in [2.05, 4.69) is 26.3 Å². The number of rotatable bonds is 2. The fraction of sp³-hybridized carbons (Fsp3) is 0.526. The van der Waals surface area contributed by atoms with E-state index in [0.717, 1.165) is 75.0 Å². The van der Waals surface area contributed by atoms with Crippen molar-refractivity contribution in [3.8, 4) is 11.4 Å². The maximum Gasteiger partial charge on any atom is 0.161 e. The van der Waals surface area contributed by atoms with Crippen molar-refractivity contribution in [3.05, 3.63) is 36.3 Å². The minimum absolute atomic E-state index is 0.137. The second-order valence-electron chi connectivity index (χ2n) is 6.92. The molecule has 6 heteroatoms. The van der Waals surface area contributed by atoms with Crippen molar-refractivity contribution < 1.29 is 4.74 Å².